The fraction of sp³-hybridized carbons (Fsp3) is 0.667. The third kappa shape index (κ3) is 15.9. The molecule has 6 heteroatoms. The van der Waals surface area contributed by atoms with Gasteiger partial charge < -0.3 is 19.7 Å². The Labute approximate surface area is 243 Å². The lowest BCUT2D eigenvalue weighted by Gasteiger charge is -2.21. The zero-order valence-electron chi connectivity index (χ0n) is 24.7. The zero-order chi connectivity index (χ0) is 28.0. The monoisotopic (exact) mass is 560 g/mol. The van der Waals surface area contributed by atoms with Crippen molar-refractivity contribution in [2.24, 2.45) is 0 Å². The van der Waals surface area contributed by atoms with E-state index in [1.807, 2.05) is 6.07 Å². The van der Waals surface area contributed by atoms with E-state index in [-0.39, 0.29) is 12.5 Å². The molecule has 0 radical (unpaired) electrons. The van der Waals surface area contributed by atoms with Crippen LogP contribution in [0.25, 0.3) is 0 Å². The van der Waals surface area contributed by atoms with Crippen LogP contribution in [-0.2, 0) is 4.79 Å². The molecule has 5 nitrogen and oxygen atoms in total. The van der Waals surface area contributed by atoms with E-state index in [9.17, 15) is 4.79 Å². The van der Waals surface area contributed by atoms with Gasteiger partial charge in [-0.25, -0.2) is 0 Å². The molecule has 1 aliphatic rings. The van der Waals surface area contributed by atoms with Crippen molar-refractivity contribution in [3.05, 3.63) is 47.1 Å². The highest BCUT2D eigenvalue weighted by molar-refractivity contribution is 6.32. The van der Waals surface area contributed by atoms with Crippen LogP contribution in [0.3, 0.4) is 0 Å². The van der Waals surface area contributed by atoms with Crippen LogP contribution in [0.4, 0.5) is 0 Å². The molecule has 0 saturated heterocycles. The third-order valence-electron chi connectivity index (χ3n) is 7.19. The fourth-order valence-electron chi connectivity index (χ4n) is 4.75. The van der Waals surface area contributed by atoms with Crippen LogP contribution in [0.15, 0.2) is 42.1 Å². The van der Waals surface area contributed by atoms with Gasteiger partial charge in [0.1, 0.15) is 11.5 Å². The molecule has 1 aromatic carbocycles. The molecule has 1 aliphatic heterocycles. The van der Waals surface area contributed by atoms with E-state index in [2.05, 4.69) is 42.4 Å². The first kappa shape index (κ1) is 33.1. The second-order valence-electron chi connectivity index (χ2n) is 10.6. The van der Waals surface area contributed by atoms with Crippen LogP contribution >= 0.6 is 11.6 Å². The summed E-state index contributed by atoms with van der Waals surface area (Å²) in [5, 5.41) is 3.42. The third-order valence-corrected chi connectivity index (χ3v) is 7.49. The van der Waals surface area contributed by atoms with Gasteiger partial charge >= 0.3 is 0 Å². The van der Waals surface area contributed by atoms with Gasteiger partial charge in [0.15, 0.2) is 6.61 Å². The van der Waals surface area contributed by atoms with Crippen LogP contribution in [0.2, 0.25) is 5.02 Å². The number of benzene rings is 1. The fourth-order valence-corrected chi connectivity index (χ4v) is 4.98. The van der Waals surface area contributed by atoms with E-state index in [1.54, 1.807) is 12.1 Å². The smallest absolute Gasteiger partial charge is 0.257 e. The number of halogens is 1. The van der Waals surface area contributed by atoms with Gasteiger partial charge in [-0.15, -0.1) is 0 Å². The van der Waals surface area contributed by atoms with Crippen LogP contribution in [0.5, 0.6) is 11.5 Å². The van der Waals surface area contributed by atoms with Crippen LogP contribution in [-0.4, -0.2) is 43.7 Å². The first-order valence-corrected chi connectivity index (χ1v) is 15.9. The summed E-state index contributed by atoms with van der Waals surface area (Å²) in [6.45, 7) is 7.57. The minimum Gasteiger partial charge on any atom is -0.492 e. The summed E-state index contributed by atoms with van der Waals surface area (Å²) in [5.41, 5.74) is 1.22. The standard InChI is InChI=1S/C33H53ClN2O3/c1-3-5-6-7-8-9-10-11-12-13-14-15-16-17-25-38-32-21-20-30(26-31(32)34)39-28-33(37)35-23-22-29-19-18-24-36(4-2)27-29/h18-21,26-27H,3-17,22-25,28H2,1-2H3,(H,35,37). The van der Waals surface area contributed by atoms with Gasteiger partial charge in [0.2, 0.25) is 0 Å². The van der Waals surface area contributed by atoms with Crippen molar-refractivity contribution in [1.82, 2.24) is 10.2 Å². The van der Waals surface area contributed by atoms with Crippen molar-refractivity contribution in [1.29, 1.82) is 0 Å². The number of rotatable bonds is 23. The van der Waals surface area contributed by atoms with Crippen molar-refractivity contribution >= 4 is 17.5 Å². The lowest BCUT2D eigenvalue weighted by atomic mass is 10.0. The summed E-state index contributed by atoms with van der Waals surface area (Å²) in [7, 11) is 0. The van der Waals surface area contributed by atoms with Gasteiger partial charge in [-0.1, -0.05) is 114 Å². The average Bonchev–Trinajstić information content (AvgIpc) is 2.95. The zero-order valence-corrected chi connectivity index (χ0v) is 25.4. The van der Waals surface area contributed by atoms with Gasteiger partial charge in [0.05, 0.1) is 11.6 Å². The maximum atomic E-state index is 12.2. The first-order chi connectivity index (χ1) is 19.1. The number of carbonyl (C=O) groups is 1. The number of nitrogens with zero attached hydrogens (tertiary/aromatic N) is 1. The Balaban J connectivity index is 1.46. The van der Waals surface area contributed by atoms with Crippen molar-refractivity contribution in [3.8, 4) is 11.5 Å². The predicted octanol–water partition coefficient (Wildman–Crippen LogP) is 8.86. The number of allylic oxidation sites excluding steroid dienone is 1. The largest absolute Gasteiger partial charge is 0.492 e. The Morgan fingerprint density at radius 3 is 2.15 bits per heavy atom. The minimum absolute atomic E-state index is 0.0362. The highest BCUT2D eigenvalue weighted by Crippen LogP contribution is 2.29. The lowest BCUT2D eigenvalue weighted by Crippen LogP contribution is -2.30. The molecule has 0 aliphatic carbocycles. The maximum absolute atomic E-state index is 12.2. The number of hydrogen-bond donors (Lipinski definition) is 1. The van der Waals surface area contributed by atoms with Crippen molar-refractivity contribution in [2.45, 2.75) is 110 Å². The summed E-state index contributed by atoms with van der Waals surface area (Å²) < 4.78 is 11.5. The minimum atomic E-state index is -0.142. The van der Waals surface area contributed by atoms with Gasteiger partial charge in [0, 0.05) is 31.9 Å². The summed E-state index contributed by atoms with van der Waals surface area (Å²) >= 11 is 6.38. The molecule has 1 heterocycles. The van der Waals surface area contributed by atoms with E-state index in [4.69, 9.17) is 21.1 Å². The van der Waals surface area contributed by atoms with Crippen molar-refractivity contribution < 1.29 is 14.3 Å². The topological polar surface area (TPSA) is 50.8 Å². The second-order valence-corrected chi connectivity index (χ2v) is 11.0. The Morgan fingerprint density at radius 2 is 1.54 bits per heavy atom. The summed E-state index contributed by atoms with van der Waals surface area (Å²) in [5.74, 6) is 1.09. The molecule has 0 spiro atoms. The number of unbranched alkanes of at least 4 members (excludes halogenated alkanes) is 13. The van der Waals surface area contributed by atoms with Gasteiger partial charge in [-0.2, -0.15) is 0 Å². The molecular formula is C33H53ClN2O3. The Hall–Kier alpha value is -2.14. The normalized spacial score (nSPS) is 12.9. The predicted molar refractivity (Wildman–Crippen MR) is 165 cm³/mol. The highest BCUT2D eigenvalue weighted by Gasteiger charge is 2.08. The van der Waals surface area contributed by atoms with Gasteiger partial charge in [0.25, 0.3) is 5.91 Å². The maximum Gasteiger partial charge on any atom is 0.257 e. The number of likely N-dealkylation sites (N-methyl/N-ethyl adjacent to an activating group) is 1. The molecule has 0 atom stereocenters. The first-order valence-electron chi connectivity index (χ1n) is 15.6. The lowest BCUT2D eigenvalue weighted by molar-refractivity contribution is -0.123. The quantitative estimate of drug-likeness (QED) is 0.136. The van der Waals surface area contributed by atoms with E-state index < -0.39 is 0 Å². The highest BCUT2D eigenvalue weighted by atomic mass is 35.5. The van der Waals surface area contributed by atoms with E-state index in [0.29, 0.717) is 29.7 Å². The molecule has 0 fully saturated rings. The van der Waals surface area contributed by atoms with Crippen molar-refractivity contribution in [3.63, 3.8) is 0 Å². The molecule has 0 saturated carbocycles. The molecule has 0 bridgehead atoms. The van der Waals surface area contributed by atoms with Gasteiger partial charge in [-0.3, -0.25) is 4.79 Å². The van der Waals surface area contributed by atoms with E-state index in [0.717, 1.165) is 25.9 Å². The van der Waals surface area contributed by atoms with Gasteiger partial charge in [-0.05, 0) is 37.5 Å². The molecule has 1 N–H and O–H groups in total. The Morgan fingerprint density at radius 1 is 0.897 bits per heavy atom. The number of ether oxygens (including phenoxy) is 2. The molecule has 1 amide bonds. The molecule has 39 heavy (non-hydrogen) atoms. The number of amides is 1. The van der Waals surface area contributed by atoms with Crippen LogP contribution in [0, 0.1) is 0 Å². The van der Waals surface area contributed by atoms with E-state index in [1.165, 1.54) is 89.0 Å². The molecule has 2 rings (SSSR count). The van der Waals surface area contributed by atoms with Crippen LogP contribution < -0.4 is 14.8 Å². The van der Waals surface area contributed by atoms with Crippen LogP contribution in [0.1, 0.15) is 110 Å². The molecular weight excluding hydrogens is 508 g/mol. The summed E-state index contributed by atoms with van der Waals surface area (Å²) in [6, 6.07) is 5.34. The molecule has 0 aromatic heterocycles. The number of hydrogen-bond acceptors (Lipinski definition) is 4. The van der Waals surface area contributed by atoms with Crippen molar-refractivity contribution in [2.75, 3.05) is 32.8 Å². The Kier molecular flexibility index (Phi) is 18.4. The number of nitrogens with one attached hydrogen (secondary N) is 1. The summed E-state index contributed by atoms with van der Waals surface area (Å²) in [6.07, 6.45) is 26.0. The second kappa shape index (κ2) is 21.7. The molecule has 1 aromatic rings. The molecule has 0 unspecified atom stereocenters. The SMILES string of the molecule is CCCCCCCCCCCCCCCCOc1ccc(OCC(=O)NCCC2=CN(CC)CC=C2)cc1Cl. The Bertz CT molecular complexity index is 855. The molecule has 220 valence electrons. The average molecular weight is 561 g/mol. The summed E-state index contributed by atoms with van der Waals surface area (Å²) in [4.78, 5) is 14.4. The number of carbonyl (C=O) groups excluding carboxylic acids is 1. The van der Waals surface area contributed by atoms with E-state index >= 15 is 0 Å².